The zero-order valence-electron chi connectivity index (χ0n) is 18.2. The Bertz CT molecular complexity index is 627. The molecule has 1 amide bonds. The number of amides is 1. The molecule has 4 unspecified atom stereocenters. The number of thioether (sulfide) groups is 1. The molecule has 3 rings (SSSR count). The van der Waals surface area contributed by atoms with Crippen LogP contribution < -0.4 is 0 Å². The third-order valence-electron chi connectivity index (χ3n) is 6.38. The van der Waals surface area contributed by atoms with Gasteiger partial charge in [0.15, 0.2) is 0 Å². The Morgan fingerprint density at radius 1 is 1.13 bits per heavy atom. The number of benzene rings is 1. The average Bonchev–Trinajstić information content (AvgIpc) is 3.35. The Hall–Kier alpha value is -1.08. The molecule has 168 valence electrons. The van der Waals surface area contributed by atoms with Gasteiger partial charge in [0.1, 0.15) is 0 Å². The van der Waals surface area contributed by atoms with E-state index in [9.17, 15) is 4.79 Å². The van der Waals surface area contributed by atoms with Crippen molar-refractivity contribution < 1.29 is 19.5 Å². The van der Waals surface area contributed by atoms with Gasteiger partial charge in [-0.05, 0) is 67.4 Å². The van der Waals surface area contributed by atoms with Crippen LogP contribution in [0.3, 0.4) is 0 Å². The molecule has 1 N–H and O–H groups in total. The number of nitrogens with zero attached hydrogens (tertiary/aromatic N) is 1. The fourth-order valence-corrected chi connectivity index (χ4v) is 6.02. The van der Waals surface area contributed by atoms with Crippen molar-refractivity contribution in [3.63, 3.8) is 0 Å². The van der Waals surface area contributed by atoms with Crippen LogP contribution in [0.1, 0.15) is 56.9 Å². The van der Waals surface area contributed by atoms with Gasteiger partial charge in [0.25, 0.3) is 0 Å². The van der Waals surface area contributed by atoms with E-state index in [-0.39, 0.29) is 5.91 Å². The van der Waals surface area contributed by atoms with E-state index in [1.54, 1.807) is 0 Å². The summed E-state index contributed by atoms with van der Waals surface area (Å²) in [6.07, 6.45) is 9.28. The minimum absolute atomic E-state index is 0.200. The summed E-state index contributed by atoms with van der Waals surface area (Å²) in [5, 5.41) is 9.78. The summed E-state index contributed by atoms with van der Waals surface area (Å²) >= 11 is 2.01. The molecule has 0 saturated carbocycles. The highest BCUT2D eigenvalue weighted by atomic mass is 32.2. The van der Waals surface area contributed by atoms with E-state index in [1.165, 1.54) is 44.0 Å². The summed E-state index contributed by atoms with van der Waals surface area (Å²) in [5.74, 6) is 3.44. The third-order valence-corrected chi connectivity index (χ3v) is 7.58. The molecule has 2 bridgehead atoms. The number of hydrogen-bond donors (Lipinski definition) is 1. The van der Waals surface area contributed by atoms with E-state index in [0.29, 0.717) is 42.1 Å². The maximum atomic E-state index is 11.4. The zero-order valence-corrected chi connectivity index (χ0v) is 19.0. The van der Waals surface area contributed by atoms with Crippen molar-refractivity contribution >= 4 is 17.7 Å². The topological polar surface area (TPSA) is 59.0 Å². The average molecular weight is 436 g/mol. The van der Waals surface area contributed by atoms with Gasteiger partial charge in [-0.15, -0.1) is 0 Å². The molecule has 0 aliphatic carbocycles. The molecule has 1 aromatic rings. The summed E-state index contributed by atoms with van der Waals surface area (Å²) in [5.41, 5.74) is 1.24. The van der Waals surface area contributed by atoms with Crippen molar-refractivity contribution in [3.05, 3.63) is 35.9 Å². The predicted octanol–water partition coefficient (Wildman–Crippen LogP) is 4.92. The van der Waals surface area contributed by atoms with Crippen LogP contribution in [0.25, 0.3) is 0 Å². The van der Waals surface area contributed by atoms with Crippen LogP contribution in [0, 0.1) is 11.8 Å². The molecule has 5 nitrogen and oxygen atoms in total. The fourth-order valence-electron chi connectivity index (χ4n) is 4.71. The summed E-state index contributed by atoms with van der Waals surface area (Å²) in [6.45, 7) is 1.54. The Balaban J connectivity index is 1.27. The van der Waals surface area contributed by atoms with E-state index < -0.39 is 0 Å². The number of hydroxylamine groups is 2. The van der Waals surface area contributed by atoms with Gasteiger partial charge in [-0.1, -0.05) is 36.8 Å². The first-order valence-electron chi connectivity index (χ1n) is 11.5. The molecule has 6 heteroatoms. The second-order valence-electron chi connectivity index (χ2n) is 8.60. The summed E-state index contributed by atoms with van der Waals surface area (Å²) in [4.78, 5) is 11.4. The lowest BCUT2D eigenvalue weighted by molar-refractivity contribution is -0.159. The van der Waals surface area contributed by atoms with E-state index in [1.807, 2.05) is 17.8 Å². The number of carbonyl (C=O) groups is 1. The Labute approximate surface area is 185 Å². The molecule has 0 spiro atoms. The highest BCUT2D eigenvalue weighted by molar-refractivity contribution is 7.99. The molecule has 4 atom stereocenters. The maximum Gasteiger partial charge on any atom is 0.245 e. The van der Waals surface area contributed by atoms with Crippen LogP contribution in [-0.2, 0) is 20.9 Å². The van der Waals surface area contributed by atoms with E-state index in [4.69, 9.17) is 14.7 Å². The molecular formula is C24H37NO4S. The van der Waals surface area contributed by atoms with Crippen molar-refractivity contribution in [2.75, 3.05) is 25.2 Å². The van der Waals surface area contributed by atoms with E-state index in [2.05, 4.69) is 24.3 Å². The first kappa shape index (κ1) is 23.6. The summed E-state index contributed by atoms with van der Waals surface area (Å²) in [6, 6.07) is 10.4. The van der Waals surface area contributed by atoms with Gasteiger partial charge in [0, 0.05) is 20.1 Å². The largest absolute Gasteiger partial charge is 0.377 e. The van der Waals surface area contributed by atoms with E-state index >= 15 is 0 Å². The van der Waals surface area contributed by atoms with Crippen LogP contribution in [0.5, 0.6) is 0 Å². The van der Waals surface area contributed by atoms with Crippen LogP contribution >= 0.6 is 11.8 Å². The lowest BCUT2D eigenvalue weighted by Crippen LogP contribution is -2.29. The minimum Gasteiger partial charge on any atom is -0.377 e. The van der Waals surface area contributed by atoms with Crippen molar-refractivity contribution in [3.8, 4) is 0 Å². The molecule has 2 fully saturated rings. The number of unbranched alkanes of at least 4 members (excludes halogenated alkanes) is 2. The number of carbonyl (C=O) groups excluding carboxylic acids is 1. The first-order chi connectivity index (χ1) is 14.6. The number of rotatable bonds is 14. The normalized spacial score (nSPS) is 25.0. The second kappa shape index (κ2) is 12.7. The van der Waals surface area contributed by atoms with Gasteiger partial charge in [-0.25, -0.2) is 5.06 Å². The predicted molar refractivity (Wildman–Crippen MR) is 121 cm³/mol. The Morgan fingerprint density at radius 3 is 2.67 bits per heavy atom. The van der Waals surface area contributed by atoms with Crippen molar-refractivity contribution in [2.45, 2.75) is 70.2 Å². The van der Waals surface area contributed by atoms with Gasteiger partial charge in [-0.3, -0.25) is 10.0 Å². The Kier molecular flexibility index (Phi) is 9.98. The summed E-state index contributed by atoms with van der Waals surface area (Å²) < 4.78 is 12.1. The zero-order chi connectivity index (χ0) is 21.2. The van der Waals surface area contributed by atoms with Gasteiger partial charge in [0.2, 0.25) is 5.91 Å². The fraction of sp³-hybridized carbons (Fsp3) is 0.708. The second-order valence-corrected chi connectivity index (χ2v) is 9.75. The molecule has 2 heterocycles. The van der Waals surface area contributed by atoms with E-state index in [0.717, 1.165) is 31.6 Å². The van der Waals surface area contributed by atoms with Crippen molar-refractivity contribution in [2.24, 2.45) is 11.8 Å². The monoisotopic (exact) mass is 435 g/mol. The maximum absolute atomic E-state index is 11.4. The van der Waals surface area contributed by atoms with Crippen LogP contribution in [0.2, 0.25) is 0 Å². The quantitative estimate of drug-likeness (QED) is 0.255. The smallest absolute Gasteiger partial charge is 0.245 e. The van der Waals surface area contributed by atoms with Crippen LogP contribution in [-0.4, -0.2) is 53.5 Å². The van der Waals surface area contributed by atoms with Gasteiger partial charge >= 0.3 is 0 Å². The standard InChI is InChI=1S/C24H37NO4S/c1-25(27)24(26)12-6-8-16-30-18-21-20(22-13-14-23(21)29-22)11-5-7-15-28-17-19-9-3-2-4-10-19/h2-4,9-10,20-23,27H,5-8,11-18H2,1H3. The van der Waals surface area contributed by atoms with Crippen LogP contribution in [0.4, 0.5) is 0 Å². The molecule has 2 aliphatic heterocycles. The molecule has 1 aromatic carbocycles. The van der Waals surface area contributed by atoms with Crippen LogP contribution in [0.15, 0.2) is 30.3 Å². The number of fused-ring (bicyclic) bond motifs is 2. The molecule has 0 radical (unpaired) electrons. The van der Waals surface area contributed by atoms with Crippen molar-refractivity contribution in [1.29, 1.82) is 0 Å². The van der Waals surface area contributed by atoms with Gasteiger partial charge in [-0.2, -0.15) is 11.8 Å². The van der Waals surface area contributed by atoms with Gasteiger partial charge < -0.3 is 9.47 Å². The highest BCUT2D eigenvalue weighted by Gasteiger charge is 2.47. The Morgan fingerprint density at radius 2 is 1.90 bits per heavy atom. The SMILES string of the molecule is CN(O)C(=O)CCCCSCC1C2CCC(O2)C1CCCCOCc1ccccc1. The molecule has 2 saturated heterocycles. The minimum atomic E-state index is -0.200. The number of ether oxygens (including phenoxy) is 2. The molecule has 0 aromatic heterocycles. The summed E-state index contributed by atoms with van der Waals surface area (Å²) in [7, 11) is 1.39. The number of hydrogen-bond acceptors (Lipinski definition) is 5. The lowest BCUT2D eigenvalue weighted by Gasteiger charge is -2.27. The molecular weight excluding hydrogens is 398 g/mol. The van der Waals surface area contributed by atoms with Gasteiger partial charge in [0.05, 0.1) is 18.8 Å². The lowest BCUT2D eigenvalue weighted by atomic mass is 9.78. The first-order valence-corrected chi connectivity index (χ1v) is 12.6. The molecule has 30 heavy (non-hydrogen) atoms. The third kappa shape index (κ3) is 7.26. The highest BCUT2D eigenvalue weighted by Crippen LogP contribution is 2.46. The molecule has 2 aliphatic rings. The van der Waals surface area contributed by atoms with Crippen molar-refractivity contribution in [1.82, 2.24) is 5.06 Å².